The number of fused-ring (bicyclic) bond motifs is 4. The number of furan rings is 1. The van der Waals surface area contributed by atoms with E-state index in [1.807, 2.05) is 66.7 Å². The molecule has 9 heteroatoms. The van der Waals surface area contributed by atoms with Crippen LogP contribution in [0.25, 0.3) is 32.8 Å². The maximum Gasteiger partial charge on any atom is 0.342 e. The number of aryl methyl sites for hydroxylation is 1. The van der Waals surface area contributed by atoms with Gasteiger partial charge in [0.2, 0.25) is 0 Å². The fraction of sp³-hybridized carbons (Fsp3) is 0.185. The Morgan fingerprint density at radius 3 is 2.56 bits per heavy atom. The van der Waals surface area contributed by atoms with Gasteiger partial charge in [-0.25, -0.2) is 0 Å². The number of pyridine rings is 1. The SMILES string of the molecule is O=C(O)[C@H](Cc1ccc2c(c1)oc1ccccc12)N[C@H](CCc1cccc2cccnc12)P(=O)(O)O. The number of rotatable bonds is 9. The maximum absolute atomic E-state index is 12.3. The minimum atomic E-state index is -4.64. The van der Waals surface area contributed by atoms with Crippen LogP contribution in [0, 0.1) is 0 Å². The quantitative estimate of drug-likeness (QED) is 0.209. The number of aliphatic carboxylic acids is 1. The average molecular weight is 504 g/mol. The number of carbonyl (C=O) groups is 1. The van der Waals surface area contributed by atoms with Gasteiger partial charge >= 0.3 is 13.6 Å². The Bertz CT molecular complexity index is 1600. The summed E-state index contributed by atoms with van der Waals surface area (Å²) in [6, 6.07) is 21.3. The Morgan fingerprint density at radius 1 is 0.972 bits per heavy atom. The van der Waals surface area contributed by atoms with Crippen molar-refractivity contribution in [2.75, 3.05) is 0 Å². The Balaban J connectivity index is 1.36. The first-order valence-corrected chi connectivity index (χ1v) is 13.2. The molecule has 0 unspecified atom stereocenters. The number of carboxylic acids is 1. The summed E-state index contributed by atoms with van der Waals surface area (Å²) < 4.78 is 18.2. The van der Waals surface area contributed by atoms with Gasteiger partial charge in [0.05, 0.1) is 5.52 Å². The second kappa shape index (κ2) is 9.84. The third kappa shape index (κ3) is 5.03. The topological polar surface area (TPSA) is 133 Å². The van der Waals surface area contributed by atoms with E-state index in [-0.39, 0.29) is 12.8 Å². The third-order valence-electron chi connectivity index (χ3n) is 6.38. The first kappa shape index (κ1) is 24.2. The fourth-order valence-electron chi connectivity index (χ4n) is 4.59. The molecule has 0 saturated heterocycles. The van der Waals surface area contributed by atoms with E-state index in [4.69, 9.17) is 4.42 Å². The zero-order valence-corrected chi connectivity index (χ0v) is 20.1. The molecule has 0 aliphatic carbocycles. The van der Waals surface area contributed by atoms with Gasteiger partial charge in [0.15, 0.2) is 0 Å². The molecule has 0 aliphatic rings. The van der Waals surface area contributed by atoms with Gasteiger partial charge < -0.3 is 19.3 Å². The molecular weight excluding hydrogens is 479 g/mol. The predicted octanol–water partition coefficient (Wildman–Crippen LogP) is 4.86. The molecule has 0 fully saturated rings. The first-order chi connectivity index (χ1) is 17.3. The molecule has 5 rings (SSSR count). The van der Waals surface area contributed by atoms with Crippen LogP contribution < -0.4 is 5.32 Å². The summed E-state index contributed by atoms with van der Waals surface area (Å²) >= 11 is 0. The molecule has 0 amide bonds. The minimum absolute atomic E-state index is 0.0364. The van der Waals surface area contributed by atoms with E-state index in [1.54, 1.807) is 12.3 Å². The Hall–Kier alpha value is -3.55. The molecule has 0 saturated carbocycles. The van der Waals surface area contributed by atoms with Gasteiger partial charge in [0, 0.05) is 22.4 Å². The monoisotopic (exact) mass is 504 g/mol. The summed E-state index contributed by atoms with van der Waals surface area (Å²) in [5.74, 6) is -2.52. The van der Waals surface area contributed by atoms with Gasteiger partial charge in [0.25, 0.3) is 0 Å². The minimum Gasteiger partial charge on any atom is -0.480 e. The van der Waals surface area contributed by atoms with Crippen LogP contribution in [0.4, 0.5) is 0 Å². The lowest BCUT2D eigenvalue weighted by Gasteiger charge is -2.24. The van der Waals surface area contributed by atoms with E-state index in [0.29, 0.717) is 17.6 Å². The van der Waals surface area contributed by atoms with Gasteiger partial charge in [-0.05, 0) is 48.6 Å². The summed E-state index contributed by atoms with van der Waals surface area (Å²) in [5, 5.41) is 15.4. The van der Waals surface area contributed by atoms with E-state index >= 15 is 0 Å². The molecule has 0 radical (unpaired) electrons. The summed E-state index contributed by atoms with van der Waals surface area (Å²) in [6.07, 6.45) is 2.08. The average Bonchev–Trinajstić information content (AvgIpc) is 3.22. The van der Waals surface area contributed by atoms with Gasteiger partial charge in [0.1, 0.15) is 23.0 Å². The largest absolute Gasteiger partial charge is 0.480 e. The number of nitrogens with one attached hydrogen (secondary N) is 1. The standard InChI is InChI=1S/C27H25N2O6P/c30-27(31)22(15-17-10-12-21-20-8-1-2-9-23(20)35-24(21)16-17)29-25(36(32,33)34)13-11-19-6-3-5-18-7-4-14-28-26(18)19/h1-10,12,14,16,22,25,29H,11,13,15H2,(H,30,31)(H2,32,33,34)/t22-,25-/m0/s1. The van der Waals surface area contributed by atoms with Crippen molar-refractivity contribution in [2.45, 2.75) is 31.1 Å². The number of carboxylic acid groups (broad SMARTS) is 1. The van der Waals surface area contributed by atoms with Crippen molar-refractivity contribution in [2.24, 2.45) is 0 Å². The molecule has 0 spiro atoms. The normalized spacial score (nSPS) is 13.8. The second-order valence-corrected chi connectivity index (χ2v) is 10.6. The molecule has 0 bridgehead atoms. The molecule has 36 heavy (non-hydrogen) atoms. The van der Waals surface area contributed by atoms with Crippen molar-refractivity contribution in [3.8, 4) is 0 Å². The molecule has 2 heterocycles. The number of benzene rings is 3. The third-order valence-corrected chi connectivity index (χ3v) is 7.60. The maximum atomic E-state index is 12.3. The summed E-state index contributed by atoms with van der Waals surface area (Å²) in [6.45, 7) is 0. The summed E-state index contributed by atoms with van der Waals surface area (Å²) in [5.41, 5.74) is 3.66. The van der Waals surface area contributed by atoms with Crippen LogP contribution in [0.3, 0.4) is 0 Å². The zero-order chi connectivity index (χ0) is 25.3. The first-order valence-electron chi connectivity index (χ1n) is 11.6. The van der Waals surface area contributed by atoms with Crippen molar-refractivity contribution in [1.29, 1.82) is 0 Å². The van der Waals surface area contributed by atoms with Gasteiger partial charge in [-0.2, -0.15) is 0 Å². The molecule has 0 aliphatic heterocycles. The molecule has 3 aromatic carbocycles. The Labute approximate surface area is 206 Å². The highest BCUT2D eigenvalue weighted by atomic mass is 31.2. The van der Waals surface area contributed by atoms with E-state index in [0.717, 1.165) is 32.8 Å². The van der Waals surface area contributed by atoms with Gasteiger partial charge in [-0.15, -0.1) is 0 Å². The molecule has 4 N–H and O–H groups in total. The smallest absolute Gasteiger partial charge is 0.342 e. The molecule has 5 aromatic rings. The van der Waals surface area contributed by atoms with Crippen molar-refractivity contribution in [3.63, 3.8) is 0 Å². The number of para-hydroxylation sites is 2. The van der Waals surface area contributed by atoms with Crippen LogP contribution in [0.15, 0.2) is 83.4 Å². The molecular formula is C27H25N2O6P. The van der Waals surface area contributed by atoms with Crippen LogP contribution in [0.2, 0.25) is 0 Å². The molecule has 2 atom stereocenters. The van der Waals surface area contributed by atoms with Crippen molar-refractivity contribution >= 4 is 46.4 Å². The van der Waals surface area contributed by atoms with Crippen LogP contribution in [-0.4, -0.2) is 37.7 Å². The number of hydrogen-bond donors (Lipinski definition) is 4. The highest BCUT2D eigenvalue weighted by Crippen LogP contribution is 2.42. The Kier molecular flexibility index (Phi) is 6.60. The second-order valence-electron chi connectivity index (χ2n) is 8.83. The molecule has 2 aromatic heterocycles. The van der Waals surface area contributed by atoms with Crippen LogP contribution >= 0.6 is 7.60 Å². The van der Waals surface area contributed by atoms with Crippen LogP contribution in [0.5, 0.6) is 0 Å². The van der Waals surface area contributed by atoms with Crippen molar-refractivity contribution < 1.29 is 28.7 Å². The fourth-order valence-corrected chi connectivity index (χ4v) is 5.43. The van der Waals surface area contributed by atoms with Crippen molar-refractivity contribution in [3.05, 3.63) is 90.1 Å². The van der Waals surface area contributed by atoms with E-state index in [2.05, 4.69) is 10.3 Å². The lowest BCUT2D eigenvalue weighted by molar-refractivity contribution is -0.139. The van der Waals surface area contributed by atoms with E-state index < -0.39 is 25.4 Å². The number of hydrogen-bond acceptors (Lipinski definition) is 5. The zero-order valence-electron chi connectivity index (χ0n) is 19.2. The number of nitrogens with zero attached hydrogens (tertiary/aromatic N) is 1. The Morgan fingerprint density at radius 2 is 1.75 bits per heavy atom. The highest BCUT2D eigenvalue weighted by molar-refractivity contribution is 7.52. The molecule has 184 valence electrons. The van der Waals surface area contributed by atoms with Gasteiger partial charge in [-0.1, -0.05) is 54.6 Å². The highest BCUT2D eigenvalue weighted by Gasteiger charge is 2.33. The molecule has 8 nitrogen and oxygen atoms in total. The lowest BCUT2D eigenvalue weighted by atomic mass is 10.0. The predicted molar refractivity (Wildman–Crippen MR) is 138 cm³/mol. The van der Waals surface area contributed by atoms with E-state index in [1.165, 1.54) is 0 Å². The van der Waals surface area contributed by atoms with Crippen LogP contribution in [-0.2, 0) is 22.2 Å². The lowest BCUT2D eigenvalue weighted by Crippen LogP contribution is -2.44. The van der Waals surface area contributed by atoms with E-state index in [9.17, 15) is 24.3 Å². The summed E-state index contributed by atoms with van der Waals surface area (Å²) in [7, 11) is -4.64. The summed E-state index contributed by atoms with van der Waals surface area (Å²) in [4.78, 5) is 36.5. The number of aromatic nitrogens is 1. The van der Waals surface area contributed by atoms with Crippen LogP contribution in [0.1, 0.15) is 17.5 Å². The van der Waals surface area contributed by atoms with Gasteiger partial charge in [-0.3, -0.25) is 19.7 Å². The van der Waals surface area contributed by atoms with Crippen molar-refractivity contribution in [1.82, 2.24) is 10.3 Å².